The number of hydrogen-bond donors (Lipinski definition) is 2. The van der Waals surface area contributed by atoms with Crippen LogP contribution in [0.5, 0.6) is 0 Å². The van der Waals surface area contributed by atoms with Gasteiger partial charge < -0.3 is 11.1 Å². The number of para-hydroxylation sites is 2. The zero-order valence-corrected chi connectivity index (χ0v) is 9.12. The number of benzene rings is 1. The minimum Gasteiger partial charge on any atom is -0.397 e. The van der Waals surface area contributed by atoms with Crippen molar-refractivity contribution in [3.8, 4) is 0 Å². The molecule has 3 heteroatoms. The fraction of sp³-hybridized carbons (Fsp3) is 0.417. The van der Waals surface area contributed by atoms with Gasteiger partial charge in [0.1, 0.15) is 0 Å². The van der Waals surface area contributed by atoms with Crippen LogP contribution in [0.2, 0.25) is 0 Å². The molecule has 0 fully saturated rings. The summed E-state index contributed by atoms with van der Waals surface area (Å²) in [6, 6.07) is 7.30. The molecule has 1 rings (SSSR count). The molecule has 0 saturated heterocycles. The van der Waals surface area contributed by atoms with Gasteiger partial charge in [0.2, 0.25) is 5.91 Å². The molecule has 1 aromatic rings. The van der Waals surface area contributed by atoms with Gasteiger partial charge >= 0.3 is 0 Å². The van der Waals surface area contributed by atoms with Crippen LogP contribution in [-0.2, 0) is 4.79 Å². The Morgan fingerprint density at radius 3 is 2.73 bits per heavy atom. The number of anilines is 2. The van der Waals surface area contributed by atoms with E-state index in [2.05, 4.69) is 12.2 Å². The lowest BCUT2D eigenvalue weighted by Crippen LogP contribution is -2.12. The van der Waals surface area contributed by atoms with Crippen LogP contribution in [0, 0.1) is 0 Å². The van der Waals surface area contributed by atoms with E-state index >= 15 is 0 Å². The van der Waals surface area contributed by atoms with Gasteiger partial charge in [0.25, 0.3) is 0 Å². The number of carbonyl (C=O) groups is 1. The van der Waals surface area contributed by atoms with Gasteiger partial charge in [0.05, 0.1) is 11.4 Å². The summed E-state index contributed by atoms with van der Waals surface area (Å²) >= 11 is 0. The lowest BCUT2D eigenvalue weighted by Gasteiger charge is -2.07. The maximum Gasteiger partial charge on any atom is 0.224 e. The Hall–Kier alpha value is -1.51. The molecule has 0 aliphatic heterocycles. The Labute approximate surface area is 90.7 Å². The number of rotatable bonds is 5. The van der Waals surface area contributed by atoms with Crippen molar-refractivity contribution in [2.75, 3.05) is 11.1 Å². The fourth-order valence-corrected chi connectivity index (χ4v) is 1.36. The average molecular weight is 206 g/mol. The molecule has 0 aliphatic carbocycles. The van der Waals surface area contributed by atoms with E-state index in [1.54, 1.807) is 6.07 Å². The first kappa shape index (κ1) is 11.6. The highest BCUT2D eigenvalue weighted by Gasteiger charge is 2.03. The fourth-order valence-electron chi connectivity index (χ4n) is 1.36. The van der Waals surface area contributed by atoms with E-state index in [-0.39, 0.29) is 5.91 Å². The molecule has 0 radical (unpaired) electrons. The zero-order chi connectivity index (χ0) is 11.1. The van der Waals surface area contributed by atoms with Crippen LogP contribution in [-0.4, -0.2) is 5.91 Å². The van der Waals surface area contributed by atoms with E-state index in [9.17, 15) is 4.79 Å². The van der Waals surface area contributed by atoms with Crippen LogP contribution in [0.1, 0.15) is 32.6 Å². The third kappa shape index (κ3) is 4.02. The molecule has 0 aliphatic rings. The molecule has 0 unspecified atom stereocenters. The van der Waals surface area contributed by atoms with E-state index in [1.165, 1.54) is 0 Å². The summed E-state index contributed by atoms with van der Waals surface area (Å²) in [5, 5.41) is 2.81. The Bertz CT molecular complexity index is 323. The lowest BCUT2D eigenvalue weighted by atomic mass is 10.2. The second-order valence-corrected chi connectivity index (χ2v) is 3.59. The molecule has 3 N–H and O–H groups in total. The number of unbranched alkanes of at least 4 members (excludes halogenated alkanes) is 2. The van der Waals surface area contributed by atoms with Gasteiger partial charge in [0, 0.05) is 6.42 Å². The first-order valence-electron chi connectivity index (χ1n) is 5.38. The molecule has 0 saturated carbocycles. The molecule has 0 aromatic heterocycles. The Morgan fingerprint density at radius 2 is 2.07 bits per heavy atom. The summed E-state index contributed by atoms with van der Waals surface area (Å²) in [5.74, 6) is 0.0429. The van der Waals surface area contributed by atoms with Gasteiger partial charge in [-0.2, -0.15) is 0 Å². The number of nitrogens with two attached hydrogens (primary N) is 1. The Balaban J connectivity index is 2.41. The van der Waals surface area contributed by atoms with E-state index in [4.69, 9.17) is 5.73 Å². The number of nitrogen functional groups attached to an aromatic ring is 1. The van der Waals surface area contributed by atoms with Crippen molar-refractivity contribution < 1.29 is 4.79 Å². The molecular formula is C12H18N2O. The summed E-state index contributed by atoms with van der Waals surface area (Å²) in [4.78, 5) is 11.5. The predicted molar refractivity (Wildman–Crippen MR) is 63.6 cm³/mol. The van der Waals surface area contributed by atoms with Crippen molar-refractivity contribution >= 4 is 17.3 Å². The molecule has 3 nitrogen and oxygen atoms in total. The molecule has 82 valence electrons. The molecular weight excluding hydrogens is 188 g/mol. The number of carbonyl (C=O) groups excluding carboxylic acids is 1. The van der Waals surface area contributed by atoms with E-state index in [0.29, 0.717) is 17.8 Å². The van der Waals surface area contributed by atoms with Gasteiger partial charge in [-0.1, -0.05) is 31.9 Å². The normalized spacial score (nSPS) is 9.93. The SMILES string of the molecule is CCCCCC(=O)Nc1ccccc1N. The summed E-state index contributed by atoms with van der Waals surface area (Å²) in [6.45, 7) is 2.12. The lowest BCUT2D eigenvalue weighted by molar-refractivity contribution is -0.116. The smallest absolute Gasteiger partial charge is 0.224 e. The topological polar surface area (TPSA) is 55.1 Å². The minimum absolute atomic E-state index is 0.0429. The highest BCUT2D eigenvalue weighted by atomic mass is 16.1. The third-order valence-corrected chi connectivity index (χ3v) is 2.24. The highest BCUT2D eigenvalue weighted by molar-refractivity contribution is 5.93. The maximum atomic E-state index is 11.5. The molecule has 1 aromatic carbocycles. The number of amides is 1. The van der Waals surface area contributed by atoms with Crippen molar-refractivity contribution in [3.05, 3.63) is 24.3 Å². The van der Waals surface area contributed by atoms with Gasteiger partial charge in [-0.25, -0.2) is 0 Å². The largest absolute Gasteiger partial charge is 0.397 e. The van der Waals surface area contributed by atoms with E-state index in [0.717, 1.165) is 19.3 Å². The highest BCUT2D eigenvalue weighted by Crippen LogP contribution is 2.17. The Morgan fingerprint density at radius 1 is 1.33 bits per heavy atom. The molecule has 0 atom stereocenters. The number of nitrogens with one attached hydrogen (secondary N) is 1. The standard InChI is InChI=1S/C12H18N2O/c1-2-3-4-9-12(15)14-11-8-6-5-7-10(11)13/h5-8H,2-4,9,13H2,1H3,(H,14,15). The molecule has 1 amide bonds. The second kappa shape index (κ2) is 6.06. The van der Waals surface area contributed by atoms with Crippen LogP contribution in [0.4, 0.5) is 11.4 Å². The van der Waals surface area contributed by atoms with Crippen molar-refractivity contribution in [1.82, 2.24) is 0 Å². The van der Waals surface area contributed by atoms with Crippen molar-refractivity contribution in [1.29, 1.82) is 0 Å². The summed E-state index contributed by atoms with van der Waals surface area (Å²) < 4.78 is 0. The quantitative estimate of drug-likeness (QED) is 0.575. The maximum absolute atomic E-state index is 11.5. The van der Waals surface area contributed by atoms with Crippen molar-refractivity contribution in [2.45, 2.75) is 32.6 Å². The number of hydrogen-bond acceptors (Lipinski definition) is 2. The first-order valence-corrected chi connectivity index (χ1v) is 5.38. The van der Waals surface area contributed by atoms with Crippen molar-refractivity contribution in [3.63, 3.8) is 0 Å². The van der Waals surface area contributed by atoms with Crippen LogP contribution >= 0.6 is 0 Å². The predicted octanol–water partition coefficient (Wildman–Crippen LogP) is 2.79. The summed E-state index contributed by atoms with van der Waals surface area (Å²) in [5.41, 5.74) is 7.03. The van der Waals surface area contributed by atoms with Gasteiger partial charge in [-0.3, -0.25) is 4.79 Å². The Kier molecular flexibility index (Phi) is 4.68. The van der Waals surface area contributed by atoms with Gasteiger partial charge in [-0.15, -0.1) is 0 Å². The monoisotopic (exact) mass is 206 g/mol. The van der Waals surface area contributed by atoms with Crippen molar-refractivity contribution in [2.24, 2.45) is 0 Å². The van der Waals surface area contributed by atoms with Crippen LogP contribution in [0.15, 0.2) is 24.3 Å². The first-order chi connectivity index (χ1) is 7.24. The van der Waals surface area contributed by atoms with Gasteiger partial charge in [-0.05, 0) is 18.6 Å². The molecule has 15 heavy (non-hydrogen) atoms. The van der Waals surface area contributed by atoms with Crippen LogP contribution in [0.25, 0.3) is 0 Å². The minimum atomic E-state index is 0.0429. The second-order valence-electron chi connectivity index (χ2n) is 3.59. The van der Waals surface area contributed by atoms with Crippen LogP contribution < -0.4 is 11.1 Å². The third-order valence-electron chi connectivity index (χ3n) is 2.24. The van der Waals surface area contributed by atoms with E-state index < -0.39 is 0 Å². The molecule has 0 bridgehead atoms. The van der Waals surface area contributed by atoms with E-state index in [1.807, 2.05) is 18.2 Å². The average Bonchev–Trinajstić information content (AvgIpc) is 2.22. The zero-order valence-electron chi connectivity index (χ0n) is 9.12. The summed E-state index contributed by atoms with van der Waals surface area (Å²) in [7, 11) is 0. The molecule has 0 heterocycles. The summed E-state index contributed by atoms with van der Waals surface area (Å²) in [6.07, 6.45) is 3.73. The van der Waals surface area contributed by atoms with Crippen LogP contribution in [0.3, 0.4) is 0 Å². The van der Waals surface area contributed by atoms with Gasteiger partial charge in [0.15, 0.2) is 0 Å². The molecule has 0 spiro atoms.